The first kappa shape index (κ1) is 18.9. The Labute approximate surface area is 153 Å². The van der Waals surface area contributed by atoms with Crippen molar-refractivity contribution in [1.82, 2.24) is 0 Å². The predicted octanol–water partition coefficient (Wildman–Crippen LogP) is 3.73. The van der Waals surface area contributed by atoms with Crippen molar-refractivity contribution >= 4 is 24.0 Å². The molecule has 1 heterocycles. The van der Waals surface area contributed by atoms with Crippen LogP contribution in [0.5, 0.6) is 17.2 Å². The van der Waals surface area contributed by atoms with E-state index in [9.17, 15) is 4.79 Å². The number of methoxy groups -OCH3 is 3. The number of hydrogen-bond acceptors (Lipinski definition) is 4. The maximum atomic E-state index is 13.1. The summed E-state index contributed by atoms with van der Waals surface area (Å²) in [4.78, 5) is 14.9. The third-order valence-corrected chi connectivity index (χ3v) is 4.27. The highest BCUT2D eigenvalue weighted by Crippen LogP contribution is 2.39. The number of rotatable bonds is 4. The Hall–Kier alpha value is -2.40. The van der Waals surface area contributed by atoms with Gasteiger partial charge in [-0.3, -0.25) is 4.79 Å². The number of para-hydroxylation sites is 1. The number of ether oxygens (including phenoxy) is 3. The smallest absolute Gasteiger partial charge is 0.258 e. The number of hydrogen-bond donors (Lipinski definition) is 0. The molecule has 0 fully saturated rings. The Balaban J connectivity index is 0.00000225. The fourth-order valence-electron chi connectivity index (χ4n) is 3.10. The molecule has 3 rings (SSSR count). The molecule has 6 heteroatoms. The Morgan fingerprint density at radius 3 is 2.24 bits per heavy atom. The lowest BCUT2D eigenvalue weighted by atomic mass is 10.0. The van der Waals surface area contributed by atoms with Gasteiger partial charge in [0.05, 0.1) is 21.3 Å². The summed E-state index contributed by atoms with van der Waals surface area (Å²) in [5, 5.41) is 0. The van der Waals surface area contributed by atoms with E-state index in [4.69, 9.17) is 14.2 Å². The van der Waals surface area contributed by atoms with Crippen LogP contribution in [0.1, 0.15) is 22.3 Å². The minimum Gasteiger partial charge on any atom is -0.493 e. The first-order valence-corrected chi connectivity index (χ1v) is 7.89. The number of fused-ring (bicyclic) bond motifs is 1. The highest BCUT2D eigenvalue weighted by atomic mass is 35.5. The minimum absolute atomic E-state index is 0. The lowest BCUT2D eigenvalue weighted by molar-refractivity contribution is 0.0984. The van der Waals surface area contributed by atoms with Crippen LogP contribution in [-0.4, -0.2) is 33.8 Å². The summed E-state index contributed by atoms with van der Waals surface area (Å²) in [5.74, 6) is 1.37. The van der Waals surface area contributed by atoms with Gasteiger partial charge in [-0.25, -0.2) is 0 Å². The molecule has 5 nitrogen and oxygen atoms in total. The fraction of sp³-hybridized carbons (Fsp3) is 0.316. The Morgan fingerprint density at radius 2 is 1.64 bits per heavy atom. The molecule has 0 spiro atoms. The van der Waals surface area contributed by atoms with Crippen LogP contribution < -0.4 is 19.1 Å². The molecule has 0 aliphatic carbocycles. The lowest BCUT2D eigenvalue weighted by Gasteiger charge is -2.29. The summed E-state index contributed by atoms with van der Waals surface area (Å²) < 4.78 is 16.0. The maximum Gasteiger partial charge on any atom is 0.258 e. The largest absolute Gasteiger partial charge is 0.493 e. The van der Waals surface area contributed by atoms with E-state index >= 15 is 0 Å². The van der Waals surface area contributed by atoms with Crippen molar-refractivity contribution in [2.45, 2.75) is 12.8 Å². The molecule has 1 aliphatic heterocycles. The normalized spacial score (nSPS) is 12.7. The Kier molecular flexibility index (Phi) is 6.15. The van der Waals surface area contributed by atoms with E-state index in [2.05, 4.69) is 6.07 Å². The number of amides is 1. The molecule has 0 saturated carbocycles. The molecule has 0 atom stereocenters. The van der Waals surface area contributed by atoms with Crippen molar-refractivity contribution in [3.63, 3.8) is 0 Å². The van der Waals surface area contributed by atoms with E-state index in [1.54, 1.807) is 33.5 Å². The summed E-state index contributed by atoms with van der Waals surface area (Å²) >= 11 is 0. The van der Waals surface area contributed by atoms with Gasteiger partial charge in [0.25, 0.3) is 5.91 Å². The zero-order chi connectivity index (χ0) is 17.1. The third kappa shape index (κ3) is 3.51. The molecule has 0 unspecified atom stereocenters. The molecular formula is C19H22ClNO4. The minimum atomic E-state index is -0.0681. The molecule has 134 valence electrons. The molecular weight excluding hydrogens is 342 g/mol. The number of halogens is 1. The quantitative estimate of drug-likeness (QED) is 0.830. The second-order valence-corrected chi connectivity index (χ2v) is 5.60. The second kappa shape index (κ2) is 8.12. The molecule has 25 heavy (non-hydrogen) atoms. The van der Waals surface area contributed by atoms with E-state index in [0.29, 0.717) is 29.4 Å². The van der Waals surface area contributed by atoms with Gasteiger partial charge in [-0.05, 0) is 36.6 Å². The topological polar surface area (TPSA) is 48.0 Å². The summed E-state index contributed by atoms with van der Waals surface area (Å²) in [5.41, 5.74) is 2.69. The molecule has 0 saturated heterocycles. The lowest BCUT2D eigenvalue weighted by Crippen LogP contribution is -2.35. The Morgan fingerprint density at radius 1 is 1.00 bits per heavy atom. The van der Waals surface area contributed by atoms with E-state index in [1.165, 1.54) is 5.56 Å². The molecule has 1 aliphatic rings. The third-order valence-electron chi connectivity index (χ3n) is 4.27. The highest BCUT2D eigenvalue weighted by Gasteiger charge is 2.25. The summed E-state index contributed by atoms with van der Waals surface area (Å²) in [6, 6.07) is 11.4. The van der Waals surface area contributed by atoms with Crippen molar-refractivity contribution in [1.29, 1.82) is 0 Å². The van der Waals surface area contributed by atoms with Crippen LogP contribution in [0.15, 0.2) is 36.4 Å². The summed E-state index contributed by atoms with van der Waals surface area (Å²) in [6.45, 7) is 0.701. The van der Waals surface area contributed by atoms with Crippen LogP contribution >= 0.6 is 12.4 Å². The van der Waals surface area contributed by atoms with E-state index in [-0.39, 0.29) is 18.3 Å². The zero-order valence-corrected chi connectivity index (χ0v) is 15.4. The standard InChI is InChI=1S/C19H21NO4.ClH/c1-22-16-11-14(12-17(23-2)18(16)24-3)19(21)20-10-6-8-13-7-4-5-9-15(13)20;/h4-5,7,9,11-12H,6,8,10H2,1-3H3;1H. The van der Waals surface area contributed by atoms with Crippen LogP contribution in [0, 0.1) is 0 Å². The van der Waals surface area contributed by atoms with Crippen molar-refractivity contribution < 1.29 is 19.0 Å². The van der Waals surface area contributed by atoms with Gasteiger partial charge in [-0.2, -0.15) is 0 Å². The average molecular weight is 364 g/mol. The number of benzene rings is 2. The van der Waals surface area contributed by atoms with Crippen molar-refractivity contribution in [3.8, 4) is 17.2 Å². The van der Waals surface area contributed by atoms with Crippen molar-refractivity contribution in [2.24, 2.45) is 0 Å². The van der Waals surface area contributed by atoms with Gasteiger partial charge in [-0.1, -0.05) is 18.2 Å². The van der Waals surface area contributed by atoms with Crippen LogP contribution in [0.3, 0.4) is 0 Å². The van der Waals surface area contributed by atoms with Crippen LogP contribution in [-0.2, 0) is 6.42 Å². The van der Waals surface area contributed by atoms with E-state index < -0.39 is 0 Å². The van der Waals surface area contributed by atoms with E-state index in [1.807, 2.05) is 23.1 Å². The molecule has 1 amide bonds. The van der Waals surface area contributed by atoms with Gasteiger partial charge in [0.2, 0.25) is 5.75 Å². The predicted molar refractivity (Wildman–Crippen MR) is 99.8 cm³/mol. The fourth-order valence-corrected chi connectivity index (χ4v) is 3.10. The molecule has 2 aromatic carbocycles. The van der Waals surface area contributed by atoms with Crippen LogP contribution in [0.2, 0.25) is 0 Å². The van der Waals surface area contributed by atoms with Gasteiger partial charge in [0, 0.05) is 17.8 Å². The van der Waals surface area contributed by atoms with E-state index in [0.717, 1.165) is 18.5 Å². The van der Waals surface area contributed by atoms with Gasteiger partial charge in [0.1, 0.15) is 0 Å². The van der Waals surface area contributed by atoms with Crippen LogP contribution in [0.25, 0.3) is 0 Å². The number of anilines is 1. The summed E-state index contributed by atoms with van der Waals surface area (Å²) in [7, 11) is 4.63. The zero-order valence-electron chi connectivity index (χ0n) is 14.6. The highest BCUT2D eigenvalue weighted by molar-refractivity contribution is 6.07. The monoisotopic (exact) mass is 363 g/mol. The first-order valence-electron chi connectivity index (χ1n) is 7.89. The Bertz CT molecular complexity index is 738. The average Bonchev–Trinajstić information content (AvgIpc) is 2.65. The van der Waals surface area contributed by atoms with Gasteiger partial charge >= 0.3 is 0 Å². The molecule has 2 aromatic rings. The molecule has 0 N–H and O–H groups in total. The molecule has 0 aromatic heterocycles. The number of carbonyl (C=O) groups is 1. The summed E-state index contributed by atoms with van der Waals surface area (Å²) in [6.07, 6.45) is 1.95. The first-order chi connectivity index (χ1) is 11.7. The van der Waals surface area contributed by atoms with Crippen molar-refractivity contribution in [2.75, 3.05) is 32.8 Å². The second-order valence-electron chi connectivity index (χ2n) is 5.60. The number of nitrogens with zero attached hydrogens (tertiary/aromatic N) is 1. The van der Waals surface area contributed by atoms with Gasteiger partial charge in [0.15, 0.2) is 11.5 Å². The molecule has 0 radical (unpaired) electrons. The van der Waals surface area contributed by atoms with Crippen LogP contribution in [0.4, 0.5) is 5.69 Å². The van der Waals surface area contributed by atoms with Crippen molar-refractivity contribution in [3.05, 3.63) is 47.5 Å². The SMILES string of the molecule is COc1cc(C(=O)N2CCCc3ccccc32)cc(OC)c1OC.Cl. The number of aryl methyl sites for hydroxylation is 1. The van der Waals surface area contributed by atoms with Gasteiger partial charge < -0.3 is 19.1 Å². The number of carbonyl (C=O) groups excluding carboxylic acids is 1. The van der Waals surface area contributed by atoms with Gasteiger partial charge in [-0.15, -0.1) is 12.4 Å². The maximum absolute atomic E-state index is 13.1. The molecule has 0 bridgehead atoms.